The monoisotopic (exact) mass is 580 g/mol. The van der Waals surface area contributed by atoms with E-state index < -0.39 is 5.91 Å². The Morgan fingerprint density at radius 3 is 2.41 bits per heavy atom. The third-order valence-corrected chi connectivity index (χ3v) is 6.63. The van der Waals surface area contributed by atoms with Gasteiger partial charge in [0.15, 0.2) is 12.4 Å². The van der Waals surface area contributed by atoms with Crippen LogP contribution in [0.2, 0.25) is 0 Å². The number of rotatable bonds is 9. The number of carbonyl (C=O) groups excluding carboxylic acids is 2. The van der Waals surface area contributed by atoms with Gasteiger partial charge in [-0.3, -0.25) is 14.3 Å². The molecule has 1 aromatic carbocycles. The van der Waals surface area contributed by atoms with Gasteiger partial charge in [0.1, 0.15) is 12.3 Å². The summed E-state index contributed by atoms with van der Waals surface area (Å²) in [5.41, 5.74) is 3.16. The largest absolute Gasteiger partial charge is 0.484 e. The Morgan fingerprint density at radius 2 is 1.79 bits per heavy atom. The van der Waals surface area contributed by atoms with E-state index in [1.807, 2.05) is 38.1 Å². The number of hydrogen-bond donors (Lipinski definition) is 2. The van der Waals surface area contributed by atoms with Crippen molar-refractivity contribution in [1.29, 1.82) is 0 Å². The lowest BCUT2D eigenvalue weighted by Gasteiger charge is -2.19. The van der Waals surface area contributed by atoms with Crippen LogP contribution >= 0.6 is 22.6 Å². The van der Waals surface area contributed by atoms with Gasteiger partial charge in [-0.05, 0) is 59.5 Å². The number of amides is 2. The third-order valence-electron chi connectivity index (χ3n) is 5.07. The molecule has 3 rings (SSSR count). The Kier molecular flexibility index (Phi) is 8.28. The molecule has 34 heavy (non-hydrogen) atoms. The number of benzene rings is 1. The first kappa shape index (κ1) is 25.7. The van der Waals surface area contributed by atoms with Crippen molar-refractivity contribution in [2.24, 2.45) is 0 Å². The molecule has 0 saturated carbocycles. The van der Waals surface area contributed by atoms with E-state index in [2.05, 4.69) is 69.2 Å². The Morgan fingerprint density at radius 1 is 1.12 bits per heavy atom. The molecule has 11 heteroatoms. The maximum atomic E-state index is 12.2. The van der Waals surface area contributed by atoms with Crippen LogP contribution in [0.3, 0.4) is 0 Å². The highest BCUT2D eigenvalue weighted by Gasteiger charge is 2.17. The van der Waals surface area contributed by atoms with Crippen LogP contribution in [0.1, 0.15) is 54.2 Å². The molecule has 0 aliphatic rings. The number of halogens is 1. The molecule has 0 aliphatic carbocycles. The molecule has 0 bridgehead atoms. The Labute approximate surface area is 212 Å². The number of nitrogens with one attached hydrogen (secondary N) is 2. The van der Waals surface area contributed by atoms with E-state index in [4.69, 9.17) is 9.26 Å². The van der Waals surface area contributed by atoms with Crippen molar-refractivity contribution in [3.05, 3.63) is 56.5 Å². The average Bonchev–Trinajstić information content (AvgIpc) is 3.35. The topological polar surface area (TPSA) is 124 Å². The van der Waals surface area contributed by atoms with Gasteiger partial charge in [-0.25, -0.2) is 0 Å². The van der Waals surface area contributed by atoms with Crippen LogP contribution in [0, 0.1) is 17.4 Å². The van der Waals surface area contributed by atoms with Crippen LogP contribution in [0.5, 0.6) is 5.75 Å². The summed E-state index contributed by atoms with van der Waals surface area (Å²) in [5.74, 6) is 0.0476. The quantitative estimate of drug-likeness (QED) is 0.295. The lowest BCUT2D eigenvalue weighted by molar-refractivity contribution is -0.123. The van der Waals surface area contributed by atoms with Crippen LogP contribution in [-0.2, 0) is 16.8 Å². The van der Waals surface area contributed by atoms with Gasteiger partial charge in [-0.2, -0.15) is 10.1 Å². The third kappa shape index (κ3) is 6.78. The summed E-state index contributed by atoms with van der Waals surface area (Å²) in [4.78, 5) is 28.3. The van der Waals surface area contributed by atoms with E-state index >= 15 is 0 Å². The molecule has 2 amide bonds. The van der Waals surface area contributed by atoms with Crippen LogP contribution in [0.4, 0.5) is 0 Å². The average molecular weight is 580 g/mol. The van der Waals surface area contributed by atoms with Crippen LogP contribution < -0.4 is 15.4 Å². The van der Waals surface area contributed by atoms with E-state index in [9.17, 15) is 9.59 Å². The molecule has 10 nitrogen and oxygen atoms in total. The highest BCUT2D eigenvalue weighted by atomic mass is 127. The fourth-order valence-electron chi connectivity index (χ4n) is 3.08. The lowest BCUT2D eigenvalue weighted by atomic mass is 9.87. The molecule has 2 N–H and O–H groups in total. The summed E-state index contributed by atoms with van der Waals surface area (Å²) in [7, 11) is 0. The van der Waals surface area contributed by atoms with Gasteiger partial charge >= 0.3 is 11.8 Å². The first-order valence-corrected chi connectivity index (χ1v) is 11.9. The molecule has 2 aromatic heterocycles. The molecule has 0 unspecified atom stereocenters. The predicted molar refractivity (Wildman–Crippen MR) is 134 cm³/mol. The van der Waals surface area contributed by atoms with Gasteiger partial charge in [0.2, 0.25) is 0 Å². The maximum absolute atomic E-state index is 12.2. The normalized spacial score (nSPS) is 11.4. The van der Waals surface area contributed by atoms with E-state index in [1.165, 1.54) is 5.56 Å². The zero-order valence-corrected chi connectivity index (χ0v) is 22.1. The molecule has 0 fully saturated rings. The summed E-state index contributed by atoms with van der Waals surface area (Å²) in [5, 5.41) is 13.6. The van der Waals surface area contributed by atoms with Crippen molar-refractivity contribution in [2.75, 3.05) is 19.7 Å². The number of carbonyl (C=O) groups is 2. The Balaban J connectivity index is 1.37. The van der Waals surface area contributed by atoms with Crippen molar-refractivity contribution >= 4 is 34.4 Å². The van der Waals surface area contributed by atoms with Crippen LogP contribution in [0.25, 0.3) is 0 Å². The predicted octanol–water partition coefficient (Wildman–Crippen LogP) is 2.76. The zero-order valence-electron chi connectivity index (χ0n) is 19.9. The number of nitrogens with zero attached hydrogens (tertiary/aromatic N) is 4. The van der Waals surface area contributed by atoms with Crippen molar-refractivity contribution in [3.8, 4) is 5.75 Å². The second kappa shape index (κ2) is 11.0. The molecule has 0 spiro atoms. The summed E-state index contributed by atoms with van der Waals surface area (Å²) < 4.78 is 13.4. The number of aryl methyl sites for hydroxylation is 1. The standard InChI is InChI=1S/C23H29IN6O4/c1-14-20(24)15(2)30(28-14)12-18-27-22(34-29-18)21(32)26-11-10-25-19(31)13-33-17-8-6-16(7-9-17)23(3,4)5/h6-9H,10-13H2,1-5H3,(H,25,31)(H,26,32). The van der Waals surface area contributed by atoms with Gasteiger partial charge in [0.05, 0.1) is 9.26 Å². The van der Waals surface area contributed by atoms with Crippen molar-refractivity contribution in [1.82, 2.24) is 30.6 Å². The van der Waals surface area contributed by atoms with Gasteiger partial charge in [-0.1, -0.05) is 38.1 Å². The first-order valence-electron chi connectivity index (χ1n) is 10.8. The minimum Gasteiger partial charge on any atom is -0.484 e. The highest BCUT2D eigenvalue weighted by molar-refractivity contribution is 14.1. The van der Waals surface area contributed by atoms with Gasteiger partial charge in [0, 0.05) is 18.8 Å². The number of hydrogen-bond acceptors (Lipinski definition) is 7. The SMILES string of the molecule is Cc1nn(Cc2noc(C(=O)NCCNC(=O)COc3ccc(C(C)(C)C)cc3)n2)c(C)c1I. The molecule has 3 aromatic rings. The van der Waals surface area contributed by atoms with Gasteiger partial charge in [-0.15, -0.1) is 0 Å². The van der Waals surface area contributed by atoms with E-state index in [1.54, 1.807) is 4.68 Å². The van der Waals surface area contributed by atoms with Gasteiger partial charge in [0.25, 0.3) is 5.91 Å². The van der Waals surface area contributed by atoms with Crippen LogP contribution in [0.15, 0.2) is 28.8 Å². The highest BCUT2D eigenvalue weighted by Crippen LogP contribution is 2.24. The Bertz CT molecular complexity index is 1150. The van der Waals surface area contributed by atoms with E-state index in [0.717, 1.165) is 15.0 Å². The molecule has 0 aliphatic heterocycles. The molecule has 182 valence electrons. The van der Waals surface area contributed by atoms with Crippen molar-refractivity contribution in [2.45, 2.75) is 46.6 Å². The number of aromatic nitrogens is 4. The summed E-state index contributed by atoms with van der Waals surface area (Å²) in [6, 6.07) is 7.68. The molecule has 0 atom stereocenters. The second-order valence-electron chi connectivity index (χ2n) is 8.83. The minimum atomic E-state index is -0.508. The van der Waals surface area contributed by atoms with E-state index in [-0.39, 0.29) is 36.9 Å². The zero-order chi connectivity index (χ0) is 24.9. The van der Waals surface area contributed by atoms with Gasteiger partial charge < -0.3 is 19.9 Å². The fraction of sp³-hybridized carbons (Fsp3) is 0.435. The maximum Gasteiger partial charge on any atom is 0.316 e. The number of ether oxygens (including phenoxy) is 1. The molecule has 2 heterocycles. The molecule has 0 radical (unpaired) electrons. The second-order valence-corrected chi connectivity index (χ2v) is 9.91. The van der Waals surface area contributed by atoms with Crippen molar-refractivity contribution in [3.63, 3.8) is 0 Å². The first-order chi connectivity index (χ1) is 16.0. The molecular weight excluding hydrogens is 551 g/mol. The van der Waals surface area contributed by atoms with Crippen LogP contribution in [-0.4, -0.2) is 51.4 Å². The minimum absolute atomic E-state index is 0.0555. The molecular formula is C23H29IN6O4. The fourth-order valence-corrected chi connectivity index (χ4v) is 3.46. The summed E-state index contributed by atoms with van der Waals surface area (Å²) >= 11 is 2.23. The van der Waals surface area contributed by atoms with Crippen molar-refractivity contribution < 1.29 is 18.8 Å². The van der Waals surface area contributed by atoms with E-state index in [0.29, 0.717) is 18.1 Å². The summed E-state index contributed by atoms with van der Waals surface area (Å²) in [6.07, 6.45) is 0. The Hall–Kier alpha value is -2.96. The summed E-state index contributed by atoms with van der Waals surface area (Å²) in [6.45, 7) is 10.9. The smallest absolute Gasteiger partial charge is 0.316 e. The molecule has 0 saturated heterocycles. The lowest BCUT2D eigenvalue weighted by Crippen LogP contribution is -2.36.